The molecule has 0 amide bonds. The monoisotopic (exact) mass is 262 g/mol. The normalized spacial score (nSPS) is 10.2. The molecule has 0 fully saturated rings. The van der Waals surface area contributed by atoms with Gasteiger partial charge in [-0.05, 0) is 6.92 Å². The first-order valence-electron chi connectivity index (χ1n) is 5.75. The van der Waals surface area contributed by atoms with Crippen LogP contribution in [0.2, 0.25) is 0 Å². The van der Waals surface area contributed by atoms with Crippen LogP contribution in [0.1, 0.15) is 23.2 Å². The van der Waals surface area contributed by atoms with Gasteiger partial charge < -0.3 is 14.6 Å². The van der Waals surface area contributed by atoms with E-state index in [4.69, 9.17) is 0 Å². The molecule has 0 aromatic carbocycles. The molecular formula is C11H14N6O2. The summed E-state index contributed by atoms with van der Waals surface area (Å²) in [7, 11) is 1.30. The van der Waals surface area contributed by atoms with Gasteiger partial charge in [0.2, 0.25) is 0 Å². The molecule has 2 aromatic heterocycles. The van der Waals surface area contributed by atoms with Gasteiger partial charge in [0, 0.05) is 6.54 Å². The molecule has 0 aliphatic carbocycles. The molecule has 0 aliphatic heterocycles. The highest BCUT2D eigenvalue weighted by Gasteiger charge is 2.09. The molecule has 2 rings (SSSR count). The zero-order valence-corrected chi connectivity index (χ0v) is 10.7. The van der Waals surface area contributed by atoms with Crippen LogP contribution >= 0.6 is 0 Å². The number of nitrogens with zero attached hydrogens (tertiary/aromatic N) is 5. The summed E-state index contributed by atoms with van der Waals surface area (Å²) in [6.45, 7) is 3.25. The van der Waals surface area contributed by atoms with Crippen LogP contribution in [-0.2, 0) is 17.8 Å². The van der Waals surface area contributed by atoms with Gasteiger partial charge in [0.25, 0.3) is 0 Å². The van der Waals surface area contributed by atoms with E-state index in [1.165, 1.54) is 19.5 Å². The van der Waals surface area contributed by atoms with Crippen molar-refractivity contribution in [1.82, 2.24) is 24.7 Å². The molecular weight excluding hydrogens is 248 g/mol. The molecule has 100 valence electrons. The van der Waals surface area contributed by atoms with Gasteiger partial charge >= 0.3 is 5.97 Å². The van der Waals surface area contributed by atoms with Crippen LogP contribution in [0.3, 0.4) is 0 Å². The first kappa shape index (κ1) is 12.9. The number of aryl methyl sites for hydroxylation is 1. The Kier molecular flexibility index (Phi) is 4.01. The molecule has 2 heterocycles. The summed E-state index contributed by atoms with van der Waals surface area (Å²) >= 11 is 0. The van der Waals surface area contributed by atoms with Crippen molar-refractivity contribution in [3.63, 3.8) is 0 Å². The van der Waals surface area contributed by atoms with Gasteiger partial charge in [0.05, 0.1) is 26.0 Å². The van der Waals surface area contributed by atoms with Gasteiger partial charge in [0.1, 0.15) is 12.1 Å². The van der Waals surface area contributed by atoms with Gasteiger partial charge in [-0.25, -0.2) is 9.78 Å². The topological polar surface area (TPSA) is 94.8 Å². The second-order valence-electron chi connectivity index (χ2n) is 3.67. The fourth-order valence-corrected chi connectivity index (χ4v) is 1.50. The molecule has 0 saturated heterocycles. The number of aromatic nitrogens is 5. The van der Waals surface area contributed by atoms with E-state index in [-0.39, 0.29) is 5.69 Å². The maximum absolute atomic E-state index is 11.3. The molecule has 0 bridgehead atoms. The molecule has 0 radical (unpaired) electrons. The fraction of sp³-hybridized carbons (Fsp3) is 0.364. The van der Waals surface area contributed by atoms with Crippen molar-refractivity contribution in [3.8, 4) is 0 Å². The third-order valence-corrected chi connectivity index (χ3v) is 2.49. The number of hydrogen-bond acceptors (Lipinski definition) is 7. The molecule has 19 heavy (non-hydrogen) atoms. The minimum atomic E-state index is -0.520. The summed E-state index contributed by atoms with van der Waals surface area (Å²) in [5, 5.41) is 10.8. The Morgan fingerprint density at radius 1 is 1.47 bits per heavy atom. The van der Waals surface area contributed by atoms with E-state index in [0.717, 1.165) is 12.4 Å². The standard InChI is InChI=1S/C11H14N6O2/c1-3-17-7-14-16-10(17)6-13-9-5-12-4-8(15-9)11(18)19-2/h4-5,7H,3,6H2,1-2H3,(H,13,15). The average molecular weight is 262 g/mol. The summed E-state index contributed by atoms with van der Waals surface area (Å²) in [4.78, 5) is 19.3. The fourth-order valence-electron chi connectivity index (χ4n) is 1.50. The number of rotatable bonds is 5. The number of anilines is 1. The SMILES string of the molecule is CCn1cnnc1CNc1cncc(C(=O)OC)n1. The quantitative estimate of drug-likeness (QED) is 0.783. The third-order valence-electron chi connectivity index (χ3n) is 2.49. The maximum atomic E-state index is 11.3. The maximum Gasteiger partial charge on any atom is 0.358 e. The highest BCUT2D eigenvalue weighted by atomic mass is 16.5. The molecule has 0 aliphatic rings. The lowest BCUT2D eigenvalue weighted by Gasteiger charge is -2.06. The van der Waals surface area contributed by atoms with Crippen molar-refractivity contribution in [2.24, 2.45) is 0 Å². The lowest BCUT2D eigenvalue weighted by molar-refractivity contribution is 0.0593. The van der Waals surface area contributed by atoms with Crippen LogP contribution < -0.4 is 5.32 Å². The second-order valence-corrected chi connectivity index (χ2v) is 3.67. The number of hydrogen-bond donors (Lipinski definition) is 1. The Morgan fingerprint density at radius 2 is 2.32 bits per heavy atom. The van der Waals surface area contributed by atoms with Crippen molar-refractivity contribution in [2.75, 3.05) is 12.4 Å². The highest BCUT2D eigenvalue weighted by molar-refractivity contribution is 5.87. The highest BCUT2D eigenvalue weighted by Crippen LogP contribution is 2.05. The zero-order chi connectivity index (χ0) is 13.7. The van der Waals surface area contributed by atoms with Gasteiger partial charge in [-0.15, -0.1) is 10.2 Å². The first-order chi connectivity index (χ1) is 9.24. The number of nitrogens with one attached hydrogen (secondary N) is 1. The molecule has 8 heteroatoms. The second kappa shape index (κ2) is 5.89. The van der Waals surface area contributed by atoms with E-state index in [1.807, 2.05) is 11.5 Å². The van der Waals surface area contributed by atoms with Crippen molar-refractivity contribution in [1.29, 1.82) is 0 Å². The third kappa shape index (κ3) is 3.03. The Labute approximate surface area is 109 Å². The van der Waals surface area contributed by atoms with Crippen LogP contribution in [0.15, 0.2) is 18.7 Å². The van der Waals surface area contributed by atoms with E-state index in [9.17, 15) is 4.79 Å². The number of carbonyl (C=O) groups excluding carboxylic acids is 1. The summed E-state index contributed by atoms with van der Waals surface area (Å²) in [6.07, 6.45) is 4.54. The van der Waals surface area contributed by atoms with Crippen LogP contribution in [0.25, 0.3) is 0 Å². The molecule has 0 spiro atoms. The van der Waals surface area contributed by atoms with Crippen LogP contribution in [0, 0.1) is 0 Å². The van der Waals surface area contributed by atoms with Gasteiger partial charge in [-0.3, -0.25) is 4.98 Å². The molecule has 1 N–H and O–H groups in total. The minimum absolute atomic E-state index is 0.157. The molecule has 0 saturated carbocycles. The summed E-state index contributed by atoms with van der Waals surface area (Å²) < 4.78 is 6.49. The molecule has 2 aromatic rings. The smallest absolute Gasteiger partial charge is 0.358 e. The Bertz CT molecular complexity index is 568. The molecule has 0 atom stereocenters. The Balaban J connectivity index is 2.05. The molecule has 0 unspecified atom stereocenters. The van der Waals surface area contributed by atoms with Gasteiger partial charge in [-0.1, -0.05) is 0 Å². The lowest BCUT2D eigenvalue weighted by Crippen LogP contribution is -2.11. The number of methoxy groups -OCH3 is 1. The number of ether oxygens (including phenoxy) is 1. The van der Waals surface area contributed by atoms with E-state index in [1.54, 1.807) is 6.33 Å². The average Bonchev–Trinajstić information content (AvgIpc) is 2.92. The predicted octanol–water partition coefficient (Wildman–Crippen LogP) is 0.487. The minimum Gasteiger partial charge on any atom is -0.464 e. The predicted molar refractivity (Wildman–Crippen MR) is 66.4 cm³/mol. The Morgan fingerprint density at radius 3 is 3.05 bits per heavy atom. The van der Waals surface area contributed by atoms with Gasteiger partial charge in [0.15, 0.2) is 11.5 Å². The van der Waals surface area contributed by atoms with Gasteiger partial charge in [-0.2, -0.15) is 0 Å². The van der Waals surface area contributed by atoms with E-state index in [0.29, 0.717) is 12.4 Å². The summed E-state index contributed by atoms with van der Waals surface area (Å²) in [5.41, 5.74) is 0.157. The van der Waals surface area contributed by atoms with E-state index in [2.05, 4.69) is 30.2 Å². The van der Waals surface area contributed by atoms with Crippen LogP contribution in [0.4, 0.5) is 5.82 Å². The lowest BCUT2D eigenvalue weighted by atomic mass is 10.4. The first-order valence-corrected chi connectivity index (χ1v) is 5.75. The van der Waals surface area contributed by atoms with Crippen molar-refractivity contribution < 1.29 is 9.53 Å². The van der Waals surface area contributed by atoms with Crippen molar-refractivity contribution in [2.45, 2.75) is 20.0 Å². The van der Waals surface area contributed by atoms with Crippen molar-refractivity contribution >= 4 is 11.8 Å². The zero-order valence-electron chi connectivity index (χ0n) is 10.7. The largest absolute Gasteiger partial charge is 0.464 e. The van der Waals surface area contributed by atoms with Crippen LogP contribution in [0.5, 0.6) is 0 Å². The van der Waals surface area contributed by atoms with E-state index >= 15 is 0 Å². The number of carbonyl (C=O) groups is 1. The van der Waals surface area contributed by atoms with E-state index < -0.39 is 5.97 Å². The Hall–Kier alpha value is -2.51. The molecule has 8 nitrogen and oxygen atoms in total. The summed E-state index contributed by atoms with van der Waals surface area (Å²) in [6, 6.07) is 0. The van der Waals surface area contributed by atoms with Crippen molar-refractivity contribution in [3.05, 3.63) is 30.2 Å². The van der Waals surface area contributed by atoms with Crippen LogP contribution in [-0.4, -0.2) is 37.8 Å². The summed E-state index contributed by atoms with van der Waals surface area (Å²) in [5.74, 6) is 0.745. The number of esters is 1.